The third-order valence-electron chi connectivity index (χ3n) is 3.01. The van der Waals surface area contributed by atoms with Gasteiger partial charge in [0.15, 0.2) is 0 Å². The highest BCUT2D eigenvalue weighted by molar-refractivity contribution is 5.75. The average molecular weight is 331 g/mol. The van der Waals surface area contributed by atoms with Gasteiger partial charge in [0, 0.05) is 12.1 Å². The molecule has 1 aromatic rings. The van der Waals surface area contributed by atoms with Gasteiger partial charge in [0.1, 0.15) is 11.7 Å². The molecule has 0 radical (unpaired) electrons. The maximum atomic E-state index is 11.8. The number of carbonyl (C=O) groups is 1. The van der Waals surface area contributed by atoms with Crippen molar-refractivity contribution < 1.29 is 36.8 Å². The zero-order valence-corrected chi connectivity index (χ0v) is 11.8. The Morgan fingerprint density at radius 2 is 2.05 bits per heavy atom. The van der Waals surface area contributed by atoms with Crippen molar-refractivity contribution in [1.82, 2.24) is 0 Å². The van der Waals surface area contributed by atoms with Crippen LogP contribution in [-0.4, -0.2) is 24.0 Å². The lowest BCUT2D eigenvalue weighted by Gasteiger charge is -2.18. The minimum atomic E-state index is -0.484. The largest absolute Gasteiger partial charge is 1.00 e. The predicted octanol–water partition coefficient (Wildman–Crippen LogP) is -2.52. The van der Waals surface area contributed by atoms with Gasteiger partial charge in [-0.05, 0) is 25.0 Å². The van der Waals surface area contributed by atoms with E-state index in [1.807, 2.05) is 0 Å². The molecule has 0 bridgehead atoms. The summed E-state index contributed by atoms with van der Waals surface area (Å²) < 4.78 is 5.21. The van der Waals surface area contributed by atoms with Crippen LogP contribution in [0, 0.1) is 16.0 Å². The fourth-order valence-corrected chi connectivity index (χ4v) is 1.99. The van der Waals surface area contributed by atoms with Gasteiger partial charge in [-0.15, -0.1) is 0 Å². The molecule has 2 N–H and O–H groups in total. The first-order chi connectivity index (χ1) is 8.66. The highest BCUT2D eigenvalue weighted by Crippen LogP contribution is 2.19. The quantitative estimate of drug-likeness (QED) is 0.287. The van der Waals surface area contributed by atoms with E-state index < -0.39 is 4.92 Å². The molecular weight excluding hydrogens is 316 g/mol. The molecular formula is C12H15BrN2O4. The van der Waals surface area contributed by atoms with Gasteiger partial charge in [-0.25, -0.2) is 0 Å². The first-order valence-electron chi connectivity index (χ1n) is 5.94. The summed E-state index contributed by atoms with van der Waals surface area (Å²) in [6.07, 6.45) is 1.86. The van der Waals surface area contributed by atoms with Crippen molar-refractivity contribution >= 4 is 11.7 Å². The number of carbonyl (C=O) groups excluding carboxylic acids is 1. The average Bonchev–Trinajstić information content (AvgIpc) is 2.40. The molecule has 1 aliphatic rings. The molecule has 1 heterocycles. The topological polar surface area (TPSA) is 86.0 Å². The lowest BCUT2D eigenvalue weighted by Crippen LogP contribution is -3.00. The number of piperidine rings is 1. The van der Waals surface area contributed by atoms with Crippen LogP contribution in [0.1, 0.15) is 12.8 Å². The van der Waals surface area contributed by atoms with Crippen LogP contribution in [0.3, 0.4) is 0 Å². The third-order valence-corrected chi connectivity index (χ3v) is 3.01. The van der Waals surface area contributed by atoms with Crippen LogP contribution in [0.5, 0.6) is 5.75 Å². The zero-order valence-electron chi connectivity index (χ0n) is 10.3. The summed E-state index contributed by atoms with van der Waals surface area (Å²) in [7, 11) is 0. The molecule has 0 saturated carbocycles. The van der Waals surface area contributed by atoms with Crippen molar-refractivity contribution in [2.24, 2.45) is 5.92 Å². The van der Waals surface area contributed by atoms with Crippen molar-refractivity contribution in [3.05, 3.63) is 34.4 Å². The van der Waals surface area contributed by atoms with Crippen molar-refractivity contribution in [3.63, 3.8) is 0 Å². The van der Waals surface area contributed by atoms with E-state index in [2.05, 4.69) is 5.32 Å². The summed E-state index contributed by atoms with van der Waals surface area (Å²) in [5, 5.41) is 12.6. The number of esters is 1. The van der Waals surface area contributed by atoms with Crippen LogP contribution >= 0.6 is 0 Å². The van der Waals surface area contributed by atoms with Gasteiger partial charge in [0.2, 0.25) is 0 Å². The van der Waals surface area contributed by atoms with Gasteiger partial charge in [0.25, 0.3) is 5.69 Å². The van der Waals surface area contributed by atoms with Crippen LogP contribution in [-0.2, 0) is 4.79 Å². The maximum absolute atomic E-state index is 11.8. The Morgan fingerprint density at radius 3 is 2.58 bits per heavy atom. The number of quaternary nitrogens is 1. The van der Waals surface area contributed by atoms with Crippen molar-refractivity contribution in [2.75, 3.05) is 13.1 Å². The second-order valence-electron chi connectivity index (χ2n) is 4.32. The van der Waals surface area contributed by atoms with Crippen molar-refractivity contribution in [2.45, 2.75) is 12.8 Å². The number of ether oxygens (including phenoxy) is 1. The number of nitrogens with zero attached hydrogens (tertiary/aromatic N) is 1. The fraction of sp³-hybridized carbons (Fsp3) is 0.417. The standard InChI is InChI=1S/C12H14N2O4.BrH/c15-12(9-2-1-7-13-8-9)18-11-5-3-10(4-6-11)14(16)17;/h3-6,9,13H,1-2,7-8H2;1H. The first kappa shape index (κ1) is 15.6. The second-order valence-corrected chi connectivity index (χ2v) is 4.32. The number of halogens is 1. The fourth-order valence-electron chi connectivity index (χ4n) is 1.99. The number of non-ortho nitro benzene ring substituents is 1. The van der Waals surface area contributed by atoms with Crippen molar-refractivity contribution in [3.8, 4) is 5.75 Å². The van der Waals surface area contributed by atoms with Gasteiger partial charge in [-0.1, -0.05) is 0 Å². The first-order valence-corrected chi connectivity index (χ1v) is 5.94. The van der Waals surface area contributed by atoms with Crippen LogP contribution in [0.15, 0.2) is 24.3 Å². The van der Waals surface area contributed by atoms with Crippen LogP contribution in [0.25, 0.3) is 0 Å². The molecule has 1 aromatic carbocycles. The molecule has 1 saturated heterocycles. The minimum absolute atomic E-state index is 0. The molecule has 2 rings (SSSR count). The smallest absolute Gasteiger partial charge is 0.320 e. The molecule has 0 amide bonds. The number of nitro groups is 1. The Bertz CT molecular complexity index is 444. The van der Waals surface area contributed by atoms with Crippen LogP contribution in [0.4, 0.5) is 5.69 Å². The third kappa shape index (κ3) is 4.29. The van der Waals surface area contributed by atoms with Gasteiger partial charge in [-0.2, -0.15) is 0 Å². The number of nitrogens with two attached hydrogens (primary N) is 1. The molecule has 7 heteroatoms. The summed E-state index contributed by atoms with van der Waals surface area (Å²) in [5.74, 6) is 0.0323. The van der Waals surface area contributed by atoms with E-state index in [1.165, 1.54) is 24.3 Å². The summed E-state index contributed by atoms with van der Waals surface area (Å²) in [6, 6.07) is 5.55. The number of nitro benzene ring substituents is 1. The van der Waals surface area contributed by atoms with Crippen molar-refractivity contribution in [1.29, 1.82) is 0 Å². The Hall–Kier alpha value is -1.47. The summed E-state index contributed by atoms with van der Waals surface area (Å²) in [5.41, 5.74) is -0.0131. The molecule has 0 spiro atoms. The number of benzene rings is 1. The van der Waals surface area contributed by atoms with Crippen LogP contribution in [0.2, 0.25) is 0 Å². The summed E-state index contributed by atoms with van der Waals surface area (Å²) >= 11 is 0. The van der Waals surface area contributed by atoms with E-state index in [9.17, 15) is 14.9 Å². The van der Waals surface area contributed by atoms with Gasteiger partial charge >= 0.3 is 5.97 Å². The second kappa shape index (κ2) is 7.20. The maximum Gasteiger partial charge on any atom is 0.320 e. The van der Waals surface area contributed by atoms with E-state index in [-0.39, 0.29) is 34.6 Å². The number of hydrogen-bond acceptors (Lipinski definition) is 4. The molecule has 0 aromatic heterocycles. The lowest BCUT2D eigenvalue weighted by molar-refractivity contribution is -0.666. The summed E-state index contributed by atoms with van der Waals surface area (Å²) in [4.78, 5) is 21.8. The normalized spacial score (nSPS) is 18.2. The molecule has 19 heavy (non-hydrogen) atoms. The Kier molecular flexibility index (Phi) is 5.91. The lowest BCUT2D eigenvalue weighted by atomic mass is 10.0. The molecule has 104 valence electrons. The SMILES string of the molecule is O=C(Oc1ccc([N+](=O)[O-])cc1)C1CCC[NH2+]C1.[Br-]. The minimum Gasteiger partial charge on any atom is -1.00 e. The number of rotatable bonds is 3. The van der Waals surface area contributed by atoms with E-state index in [4.69, 9.17) is 4.74 Å². The molecule has 1 fully saturated rings. The van der Waals surface area contributed by atoms with Gasteiger partial charge in [-0.3, -0.25) is 14.9 Å². The Morgan fingerprint density at radius 1 is 1.37 bits per heavy atom. The Balaban J connectivity index is 0.00000180. The molecule has 1 aliphatic heterocycles. The predicted molar refractivity (Wildman–Crippen MR) is 63.1 cm³/mol. The molecule has 1 unspecified atom stereocenters. The monoisotopic (exact) mass is 330 g/mol. The van der Waals surface area contributed by atoms with Crippen LogP contribution < -0.4 is 27.0 Å². The highest BCUT2D eigenvalue weighted by Gasteiger charge is 2.25. The highest BCUT2D eigenvalue weighted by atomic mass is 79.9. The number of hydrogen-bond donors (Lipinski definition) is 1. The van der Waals surface area contributed by atoms with E-state index in [1.54, 1.807) is 0 Å². The van der Waals surface area contributed by atoms with E-state index in [0.29, 0.717) is 5.75 Å². The zero-order chi connectivity index (χ0) is 13.0. The molecule has 1 atom stereocenters. The van der Waals surface area contributed by atoms with Gasteiger partial charge < -0.3 is 27.0 Å². The van der Waals surface area contributed by atoms with E-state index >= 15 is 0 Å². The van der Waals surface area contributed by atoms with E-state index in [0.717, 1.165) is 25.9 Å². The molecule has 0 aliphatic carbocycles. The Labute approximate surface area is 121 Å². The van der Waals surface area contributed by atoms with Gasteiger partial charge in [0.05, 0.1) is 18.0 Å². The molecule has 6 nitrogen and oxygen atoms in total. The summed E-state index contributed by atoms with van der Waals surface area (Å²) in [6.45, 7) is 1.81.